The van der Waals surface area contributed by atoms with Gasteiger partial charge in [-0.15, -0.1) is 0 Å². The number of aldehydes is 1. The van der Waals surface area contributed by atoms with E-state index in [0.717, 1.165) is 18.5 Å². The zero-order valence-corrected chi connectivity index (χ0v) is 9.62. The zero-order chi connectivity index (χ0) is 11.3. The summed E-state index contributed by atoms with van der Waals surface area (Å²) >= 11 is 5.92. The molecule has 1 aromatic rings. The molecule has 82 valence electrons. The highest BCUT2D eigenvalue weighted by atomic mass is 35.5. The topological polar surface area (TPSA) is 29.5 Å². The number of ether oxygens (including phenoxy) is 1. The Labute approximate surface area is 94.6 Å². The summed E-state index contributed by atoms with van der Waals surface area (Å²) in [6.07, 6.45) is 0.751. The van der Waals surface area contributed by atoms with Gasteiger partial charge in [0.05, 0.1) is 11.6 Å². The van der Waals surface area contributed by atoms with E-state index < -0.39 is 0 Å². The molecule has 0 saturated carbocycles. The van der Waals surface area contributed by atoms with Gasteiger partial charge in [0.15, 0.2) is 6.29 Å². The van der Waals surface area contributed by atoms with E-state index in [1.807, 2.05) is 18.0 Å². The smallest absolute Gasteiger partial charge is 0.151 e. The fraction of sp³-hybridized carbons (Fsp3) is 0.364. The molecule has 4 heteroatoms. The normalized spacial score (nSPS) is 10.1. The molecule has 0 unspecified atom stereocenters. The van der Waals surface area contributed by atoms with Crippen molar-refractivity contribution in [2.75, 3.05) is 32.2 Å². The van der Waals surface area contributed by atoms with Crippen LogP contribution in [0.15, 0.2) is 18.2 Å². The van der Waals surface area contributed by atoms with Crippen LogP contribution in [0.4, 0.5) is 5.69 Å². The van der Waals surface area contributed by atoms with Crippen LogP contribution in [0.25, 0.3) is 0 Å². The van der Waals surface area contributed by atoms with Crippen LogP contribution in [0.2, 0.25) is 5.02 Å². The Kier molecular flexibility index (Phi) is 4.59. The Morgan fingerprint density at radius 3 is 2.80 bits per heavy atom. The molecule has 0 aliphatic heterocycles. The molecule has 1 rings (SSSR count). The number of carbonyl (C=O) groups excluding carboxylic acids is 1. The molecule has 0 aliphatic rings. The van der Waals surface area contributed by atoms with E-state index in [1.54, 1.807) is 19.2 Å². The molecule has 0 atom stereocenters. The van der Waals surface area contributed by atoms with Gasteiger partial charge in [0.1, 0.15) is 0 Å². The van der Waals surface area contributed by atoms with Crippen LogP contribution in [0.1, 0.15) is 10.4 Å². The lowest BCUT2D eigenvalue weighted by Crippen LogP contribution is -2.21. The Balaban J connectivity index is 2.77. The third-order valence-corrected chi connectivity index (χ3v) is 2.51. The number of methoxy groups -OCH3 is 1. The van der Waals surface area contributed by atoms with Crippen molar-refractivity contribution in [2.45, 2.75) is 0 Å². The standard InChI is InChI=1S/C11H14ClNO2/c1-13(5-6-15-2)10-4-3-9(8-14)11(12)7-10/h3-4,7-8H,5-6H2,1-2H3. The molecular weight excluding hydrogens is 214 g/mol. The summed E-state index contributed by atoms with van der Waals surface area (Å²) in [4.78, 5) is 12.6. The molecule has 1 aromatic carbocycles. The highest BCUT2D eigenvalue weighted by Crippen LogP contribution is 2.21. The van der Waals surface area contributed by atoms with Crippen LogP contribution in [0.5, 0.6) is 0 Å². The first-order valence-electron chi connectivity index (χ1n) is 4.64. The van der Waals surface area contributed by atoms with Gasteiger partial charge in [-0.25, -0.2) is 0 Å². The van der Waals surface area contributed by atoms with Gasteiger partial charge in [-0.05, 0) is 18.2 Å². The maximum atomic E-state index is 10.6. The second-order valence-corrected chi connectivity index (χ2v) is 3.65. The van der Waals surface area contributed by atoms with Gasteiger partial charge >= 0.3 is 0 Å². The second-order valence-electron chi connectivity index (χ2n) is 3.24. The predicted molar refractivity (Wildman–Crippen MR) is 62.0 cm³/mol. The Morgan fingerprint density at radius 2 is 2.27 bits per heavy atom. The fourth-order valence-electron chi connectivity index (χ4n) is 1.21. The maximum absolute atomic E-state index is 10.6. The van der Waals surface area contributed by atoms with E-state index >= 15 is 0 Å². The number of hydrogen-bond donors (Lipinski definition) is 0. The third kappa shape index (κ3) is 3.22. The monoisotopic (exact) mass is 227 g/mol. The Morgan fingerprint density at radius 1 is 1.53 bits per heavy atom. The van der Waals surface area contributed by atoms with Crippen molar-refractivity contribution in [3.8, 4) is 0 Å². The molecule has 15 heavy (non-hydrogen) atoms. The van der Waals surface area contributed by atoms with Crippen LogP contribution < -0.4 is 4.90 Å². The molecular formula is C11H14ClNO2. The first kappa shape index (κ1) is 12.0. The van der Waals surface area contributed by atoms with E-state index in [0.29, 0.717) is 17.2 Å². The van der Waals surface area contributed by atoms with Gasteiger partial charge in [-0.2, -0.15) is 0 Å². The number of likely N-dealkylation sites (N-methyl/N-ethyl adjacent to an activating group) is 1. The van der Waals surface area contributed by atoms with E-state index in [9.17, 15) is 4.79 Å². The zero-order valence-electron chi connectivity index (χ0n) is 8.87. The lowest BCUT2D eigenvalue weighted by molar-refractivity contribution is 0.112. The number of halogens is 1. The van der Waals surface area contributed by atoms with E-state index in [2.05, 4.69) is 0 Å². The van der Waals surface area contributed by atoms with E-state index in [4.69, 9.17) is 16.3 Å². The van der Waals surface area contributed by atoms with Crippen molar-refractivity contribution in [1.82, 2.24) is 0 Å². The summed E-state index contributed by atoms with van der Waals surface area (Å²) in [6, 6.07) is 5.36. The predicted octanol–water partition coefficient (Wildman–Crippen LogP) is 2.24. The van der Waals surface area contributed by atoms with Crippen molar-refractivity contribution in [2.24, 2.45) is 0 Å². The summed E-state index contributed by atoms with van der Waals surface area (Å²) < 4.78 is 4.98. The number of carbonyl (C=O) groups is 1. The van der Waals surface area contributed by atoms with Gasteiger partial charge in [-0.3, -0.25) is 4.79 Å². The van der Waals surface area contributed by atoms with Crippen molar-refractivity contribution >= 4 is 23.6 Å². The van der Waals surface area contributed by atoms with Gasteiger partial charge in [0.2, 0.25) is 0 Å². The highest BCUT2D eigenvalue weighted by Gasteiger charge is 2.04. The van der Waals surface area contributed by atoms with E-state index in [-0.39, 0.29) is 0 Å². The Hall–Kier alpha value is -1.06. The summed E-state index contributed by atoms with van der Waals surface area (Å²) in [5, 5.41) is 0.478. The minimum Gasteiger partial charge on any atom is -0.383 e. The average Bonchev–Trinajstić information content (AvgIpc) is 2.25. The SMILES string of the molecule is COCCN(C)c1ccc(C=O)c(Cl)c1. The quantitative estimate of drug-likeness (QED) is 0.723. The number of rotatable bonds is 5. The Bertz CT molecular complexity index is 341. The van der Waals surface area contributed by atoms with Crippen molar-refractivity contribution in [1.29, 1.82) is 0 Å². The summed E-state index contributed by atoms with van der Waals surface area (Å²) in [5.41, 5.74) is 1.49. The van der Waals surface area contributed by atoms with Crippen molar-refractivity contribution in [3.63, 3.8) is 0 Å². The molecule has 0 spiro atoms. The molecule has 0 aliphatic carbocycles. The van der Waals surface area contributed by atoms with Crippen LogP contribution in [0.3, 0.4) is 0 Å². The molecule has 0 bridgehead atoms. The minimum atomic E-state index is 0.478. The third-order valence-electron chi connectivity index (χ3n) is 2.18. The van der Waals surface area contributed by atoms with Crippen molar-refractivity contribution in [3.05, 3.63) is 28.8 Å². The number of benzene rings is 1. The molecule has 0 saturated heterocycles. The number of anilines is 1. The molecule has 0 N–H and O–H groups in total. The number of nitrogens with zero attached hydrogens (tertiary/aromatic N) is 1. The van der Waals surface area contributed by atoms with Gasteiger partial charge in [0, 0.05) is 32.0 Å². The highest BCUT2D eigenvalue weighted by molar-refractivity contribution is 6.33. The molecule has 0 fully saturated rings. The molecule has 0 aromatic heterocycles. The molecule has 0 heterocycles. The molecule has 3 nitrogen and oxygen atoms in total. The first-order valence-corrected chi connectivity index (χ1v) is 5.01. The maximum Gasteiger partial charge on any atom is 0.151 e. The largest absolute Gasteiger partial charge is 0.383 e. The van der Waals surface area contributed by atoms with Crippen LogP contribution in [-0.4, -0.2) is 33.6 Å². The van der Waals surface area contributed by atoms with Crippen molar-refractivity contribution < 1.29 is 9.53 Å². The lowest BCUT2D eigenvalue weighted by atomic mass is 10.2. The number of hydrogen-bond acceptors (Lipinski definition) is 3. The van der Waals surface area contributed by atoms with E-state index in [1.165, 1.54) is 0 Å². The molecule has 0 amide bonds. The summed E-state index contributed by atoms with van der Waals surface area (Å²) in [7, 11) is 3.61. The summed E-state index contributed by atoms with van der Waals surface area (Å²) in [5.74, 6) is 0. The average molecular weight is 228 g/mol. The van der Waals surface area contributed by atoms with Gasteiger partial charge in [0.25, 0.3) is 0 Å². The van der Waals surface area contributed by atoms with Crippen LogP contribution >= 0.6 is 11.6 Å². The second kappa shape index (κ2) is 5.73. The molecule has 0 radical (unpaired) electrons. The minimum absolute atomic E-state index is 0.478. The lowest BCUT2D eigenvalue weighted by Gasteiger charge is -2.19. The van der Waals surface area contributed by atoms with Crippen LogP contribution in [-0.2, 0) is 4.74 Å². The van der Waals surface area contributed by atoms with Gasteiger partial charge < -0.3 is 9.64 Å². The first-order chi connectivity index (χ1) is 7.19. The fourth-order valence-corrected chi connectivity index (χ4v) is 1.43. The van der Waals surface area contributed by atoms with Gasteiger partial charge in [-0.1, -0.05) is 11.6 Å². The summed E-state index contributed by atoms with van der Waals surface area (Å²) in [6.45, 7) is 1.44. The van der Waals surface area contributed by atoms with Crippen LogP contribution in [0, 0.1) is 0 Å².